The molecule has 2 heterocycles. The van der Waals surface area contributed by atoms with Gasteiger partial charge in [-0.15, -0.1) is 0 Å². The van der Waals surface area contributed by atoms with Crippen LogP contribution in [0.1, 0.15) is 31.4 Å². The van der Waals surface area contributed by atoms with Gasteiger partial charge in [0.2, 0.25) is 0 Å². The zero-order valence-corrected chi connectivity index (χ0v) is 10.3. The van der Waals surface area contributed by atoms with Crippen LogP contribution in [-0.4, -0.2) is 35.6 Å². The van der Waals surface area contributed by atoms with Crippen LogP contribution in [0.5, 0.6) is 0 Å². The SMILES string of the molecule is c1nc(CN2CCC(NCC3CC3)CC2)co1. The van der Waals surface area contributed by atoms with Crippen molar-refractivity contribution in [3.63, 3.8) is 0 Å². The molecule has 17 heavy (non-hydrogen) atoms. The molecule has 94 valence electrons. The Kier molecular flexibility index (Phi) is 3.43. The van der Waals surface area contributed by atoms with Crippen LogP contribution in [-0.2, 0) is 6.54 Å². The summed E-state index contributed by atoms with van der Waals surface area (Å²) in [4.78, 5) is 6.64. The molecule has 0 spiro atoms. The Morgan fingerprint density at radius 2 is 2.12 bits per heavy atom. The van der Waals surface area contributed by atoms with Crippen LogP contribution < -0.4 is 5.32 Å². The summed E-state index contributed by atoms with van der Waals surface area (Å²) in [5, 5.41) is 3.70. The lowest BCUT2D eigenvalue weighted by atomic mass is 10.0. The first-order chi connectivity index (χ1) is 8.40. The van der Waals surface area contributed by atoms with Crippen molar-refractivity contribution in [2.45, 2.75) is 38.3 Å². The van der Waals surface area contributed by atoms with E-state index in [9.17, 15) is 0 Å². The summed E-state index contributed by atoms with van der Waals surface area (Å²) >= 11 is 0. The molecule has 1 saturated heterocycles. The molecular weight excluding hydrogens is 214 g/mol. The zero-order chi connectivity index (χ0) is 11.5. The summed E-state index contributed by atoms with van der Waals surface area (Å²) in [7, 11) is 0. The van der Waals surface area contributed by atoms with E-state index in [2.05, 4.69) is 15.2 Å². The summed E-state index contributed by atoms with van der Waals surface area (Å²) in [6.45, 7) is 4.53. The lowest BCUT2D eigenvalue weighted by Gasteiger charge is -2.31. The van der Waals surface area contributed by atoms with Crippen molar-refractivity contribution in [2.24, 2.45) is 5.92 Å². The second kappa shape index (κ2) is 5.19. The zero-order valence-electron chi connectivity index (χ0n) is 10.3. The topological polar surface area (TPSA) is 41.3 Å². The smallest absolute Gasteiger partial charge is 0.180 e. The van der Waals surface area contributed by atoms with Gasteiger partial charge in [-0.3, -0.25) is 4.90 Å². The Labute approximate surface area is 102 Å². The summed E-state index contributed by atoms with van der Waals surface area (Å²) in [5.41, 5.74) is 1.05. The van der Waals surface area contributed by atoms with Gasteiger partial charge < -0.3 is 9.73 Å². The fraction of sp³-hybridized carbons (Fsp3) is 0.769. The summed E-state index contributed by atoms with van der Waals surface area (Å²) < 4.78 is 5.00. The molecule has 2 aliphatic rings. The maximum atomic E-state index is 5.00. The van der Waals surface area contributed by atoms with E-state index < -0.39 is 0 Å². The molecular formula is C13H21N3O. The van der Waals surface area contributed by atoms with Gasteiger partial charge in [0, 0.05) is 25.7 Å². The molecule has 1 aromatic rings. The fourth-order valence-corrected chi connectivity index (χ4v) is 2.50. The molecule has 0 unspecified atom stereocenters. The van der Waals surface area contributed by atoms with Crippen molar-refractivity contribution in [1.29, 1.82) is 0 Å². The summed E-state index contributed by atoms with van der Waals surface area (Å²) in [5.74, 6) is 0.989. The molecule has 1 saturated carbocycles. The largest absolute Gasteiger partial charge is 0.451 e. The minimum absolute atomic E-state index is 0.740. The first-order valence-electron chi connectivity index (χ1n) is 6.73. The summed E-state index contributed by atoms with van der Waals surface area (Å²) in [6, 6.07) is 0.740. The molecule has 0 amide bonds. The Balaban J connectivity index is 1.37. The normalized spacial score (nSPS) is 23.1. The molecule has 1 aliphatic carbocycles. The van der Waals surface area contributed by atoms with E-state index in [1.165, 1.54) is 51.7 Å². The Bertz CT molecular complexity index is 326. The van der Waals surface area contributed by atoms with Crippen LogP contribution in [0.15, 0.2) is 17.1 Å². The Morgan fingerprint density at radius 3 is 2.76 bits per heavy atom. The highest BCUT2D eigenvalue weighted by Crippen LogP contribution is 2.28. The van der Waals surface area contributed by atoms with Gasteiger partial charge in [0.25, 0.3) is 0 Å². The monoisotopic (exact) mass is 235 g/mol. The predicted octanol–water partition coefficient (Wildman–Crippen LogP) is 1.64. The Hall–Kier alpha value is -0.870. The van der Waals surface area contributed by atoms with Crippen molar-refractivity contribution in [1.82, 2.24) is 15.2 Å². The molecule has 0 atom stereocenters. The van der Waals surface area contributed by atoms with Gasteiger partial charge in [-0.2, -0.15) is 0 Å². The number of nitrogens with zero attached hydrogens (tertiary/aromatic N) is 2. The van der Waals surface area contributed by atoms with Gasteiger partial charge in [-0.05, 0) is 38.1 Å². The standard InChI is InChI=1S/C13H21N3O/c1-2-11(1)7-14-12-3-5-16(6-4-12)8-13-9-17-10-15-13/h9-12,14H,1-8H2. The molecule has 2 fully saturated rings. The number of aromatic nitrogens is 1. The molecule has 1 N–H and O–H groups in total. The molecule has 0 bridgehead atoms. The third-order valence-electron chi connectivity index (χ3n) is 3.85. The number of piperidine rings is 1. The van der Waals surface area contributed by atoms with Crippen LogP contribution in [0.4, 0.5) is 0 Å². The molecule has 0 radical (unpaired) electrons. The highest BCUT2D eigenvalue weighted by molar-refractivity contribution is 4.92. The van der Waals surface area contributed by atoms with E-state index in [0.717, 1.165) is 24.2 Å². The van der Waals surface area contributed by atoms with Gasteiger partial charge >= 0.3 is 0 Å². The molecule has 1 aliphatic heterocycles. The third kappa shape index (κ3) is 3.30. The first kappa shape index (κ1) is 11.2. The lowest BCUT2D eigenvalue weighted by molar-refractivity contribution is 0.188. The molecule has 1 aromatic heterocycles. The van der Waals surface area contributed by atoms with Gasteiger partial charge in [0.1, 0.15) is 6.26 Å². The van der Waals surface area contributed by atoms with Gasteiger partial charge in [-0.1, -0.05) is 0 Å². The lowest BCUT2D eigenvalue weighted by Crippen LogP contribution is -2.42. The van der Waals surface area contributed by atoms with E-state index in [1.54, 1.807) is 6.26 Å². The molecule has 4 heteroatoms. The van der Waals surface area contributed by atoms with E-state index in [0.29, 0.717) is 0 Å². The number of hydrogen-bond acceptors (Lipinski definition) is 4. The van der Waals surface area contributed by atoms with Crippen molar-refractivity contribution >= 4 is 0 Å². The van der Waals surface area contributed by atoms with E-state index >= 15 is 0 Å². The fourth-order valence-electron chi connectivity index (χ4n) is 2.50. The highest BCUT2D eigenvalue weighted by atomic mass is 16.3. The average Bonchev–Trinajstić information content (AvgIpc) is 3.05. The summed E-state index contributed by atoms with van der Waals surface area (Å²) in [6.07, 6.45) is 8.68. The molecule has 3 rings (SSSR count). The maximum absolute atomic E-state index is 5.00. The molecule has 4 nitrogen and oxygen atoms in total. The quantitative estimate of drug-likeness (QED) is 0.842. The van der Waals surface area contributed by atoms with Gasteiger partial charge in [0.15, 0.2) is 6.39 Å². The number of hydrogen-bond donors (Lipinski definition) is 1. The van der Waals surface area contributed by atoms with Crippen molar-refractivity contribution in [3.05, 3.63) is 18.4 Å². The second-order valence-electron chi connectivity index (χ2n) is 5.38. The number of oxazole rings is 1. The maximum Gasteiger partial charge on any atom is 0.180 e. The van der Waals surface area contributed by atoms with E-state index in [-0.39, 0.29) is 0 Å². The van der Waals surface area contributed by atoms with Gasteiger partial charge in [-0.25, -0.2) is 4.98 Å². The highest BCUT2D eigenvalue weighted by Gasteiger charge is 2.24. The Morgan fingerprint density at radius 1 is 1.29 bits per heavy atom. The average molecular weight is 235 g/mol. The van der Waals surface area contributed by atoms with Crippen molar-refractivity contribution < 1.29 is 4.42 Å². The van der Waals surface area contributed by atoms with E-state index in [1.807, 2.05) is 0 Å². The van der Waals surface area contributed by atoms with Crippen LogP contribution in [0.2, 0.25) is 0 Å². The number of likely N-dealkylation sites (tertiary alicyclic amines) is 1. The predicted molar refractivity (Wildman–Crippen MR) is 65.5 cm³/mol. The number of rotatable bonds is 5. The van der Waals surface area contributed by atoms with Crippen molar-refractivity contribution in [2.75, 3.05) is 19.6 Å². The minimum Gasteiger partial charge on any atom is -0.451 e. The molecule has 0 aromatic carbocycles. The first-order valence-corrected chi connectivity index (χ1v) is 6.73. The van der Waals surface area contributed by atoms with Crippen LogP contribution in [0.25, 0.3) is 0 Å². The van der Waals surface area contributed by atoms with Gasteiger partial charge in [0.05, 0.1) is 5.69 Å². The van der Waals surface area contributed by atoms with Crippen LogP contribution in [0.3, 0.4) is 0 Å². The number of nitrogens with one attached hydrogen (secondary N) is 1. The van der Waals surface area contributed by atoms with Crippen LogP contribution in [0, 0.1) is 5.92 Å². The minimum atomic E-state index is 0.740. The second-order valence-corrected chi connectivity index (χ2v) is 5.38. The van der Waals surface area contributed by atoms with E-state index in [4.69, 9.17) is 4.42 Å². The van der Waals surface area contributed by atoms with Crippen molar-refractivity contribution in [3.8, 4) is 0 Å². The van der Waals surface area contributed by atoms with Crippen LogP contribution >= 0.6 is 0 Å². The third-order valence-corrected chi connectivity index (χ3v) is 3.85.